The van der Waals surface area contributed by atoms with Gasteiger partial charge in [-0.15, -0.1) is 12.6 Å². The normalized spacial score (nSPS) is 10.6. The fraction of sp³-hybridized carbons (Fsp3) is 0. The van der Waals surface area contributed by atoms with Gasteiger partial charge in [0.25, 0.3) is 10.1 Å². The molecule has 1 aromatic carbocycles. The van der Waals surface area contributed by atoms with Gasteiger partial charge in [-0.05, 0) is 18.2 Å². The van der Waals surface area contributed by atoms with Crippen LogP contribution in [0.3, 0.4) is 0 Å². The van der Waals surface area contributed by atoms with E-state index in [-0.39, 0.29) is 40.1 Å². The largest absolute Gasteiger partial charge is 1.00 e. The van der Waals surface area contributed by atoms with Crippen molar-refractivity contribution in [1.82, 2.24) is 0 Å². The molecule has 0 bridgehead atoms. The van der Waals surface area contributed by atoms with Crippen LogP contribution in [-0.4, -0.2) is 13.0 Å². The summed E-state index contributed by atoms with van der Waals surface area (Å²) in [6, 6.07) is 3.78. The van der Waals surface area contributed by atoms with Crippen LogP contribution in [0.4, 0.5) is 5.69 Å². The van der Waals surface area contributed by atoms with Gasteiger partial charge in [0.15, 0.2) is 0 Å². The van der Waals surface area contributed by atoms with E-state index in [1.165, 1.54) is 12.1 Å². The fourth-order valence-corrected chi connectivity index (χ4v) is 1.35. The van der Waals surface area contributed by atoms with Gasteiger partial charge in [0.1, 0.15) is 0 Å². The van der Waals surface area contributed by atoms with Crippen LogP contribution < -0.4 is 35.3 Å². The first kappa shape index (κ1) is 13.3. The maximum atomic E-state index is 10.6. The van der Waals surface area contributed by atoms with Gasteiger partial charge >= 0.3 is 29.6 Å². The summed E-state index contributed by atoms with van der Waals surface area (Å²) in [6.45, 7) is 0. The molecule has 1 aromatic rings. The molecule has 0 radical (unpaired) electrons. The molecule has 13 heavy (non-hydrogen) atoms. The number of nitrogen functional groups attached to an aromatic ring is 1. The molecular formula is C6H7NNaO3S2+. The van der Waals surface area contributed by atoms with Crippen molar-refractivity contribution in [2.75, 3.05) is 5.73 Å². The number of anilines is 1. The van der Waals surface area contributed by atoms with Crippen LogP contribution in [0.5, 0.6) is 0 Å². The van der Waals surface area contributed by atoms with E-state index in [0.29, 0.717) is 4.90 Å². The Morgan fingerprint density at radius 1 is 1.38 bits per heavy atom. The maximum Gasteiger partial charge on any atom is 1.00 e. The topological polar surface area (TPSA) is 80.4 Å². The van der Waals surface area contributed by atoms with E-state index >= 15 is 0 Å². The number of thiol groups is 1. The molecule has 0 amide bonds. The predicted octanol–water partition coefficient (Wildman–Crippen LogP) is -2.19. The molecule has 0 heterocycles. The first-order valence-corrected chi connectivity index (χ1v) is 4.86. The Balaban J connectivity index is 0.00000144. The number of benzene rings is 1. The van der Waals surface area contributed by atoms with Crippen molar-refractivity contribution < 1.29 is 42.5 Å². The molecule has 4 nitrogen and oxygen atoms in total. The Morgan fingerprint density at radius 2 is 1.92 bits per heavy atom. The van der Waals surface area contributed by atoms with Crippen molar-refractivity contribution in [1.29, 1.82) is 0 Å². The van der Waals surface area contributed by atoms with E-state index in [1.807, 2.05) is 0 Å². The fourth-order valence-electron chi connectivity index (χ4n) is 0.693. The Kier molecular flexibility index (Phi) is 4.78. The van der Waals surface area contributed by atoms with Gasteiger partial charge in [0.2, 0.25) is 0 Å². The SMILES string of the molecule is Nc1cc(S(=O)(=O)O)ccc1S.[Na+]. The average molecular weight is 228 g/mol. The smallest absolute Gasteiger partial charge is 0.398 e. The molecule has 0 aromatic heterocycles. The average Bonchev–Trinajstić information content (AvgIpc) is 1.92. The zero-order valence-corrected chi connectivity index (χ0v) is 10.6. The third-order valence-corrected chi connectivity index (χ3v) is 2.55. The van der Waals surface area contributed by atoms with Crippen molar-refractivity contribution in [2.24, 2.45) is 0 Å². The van der Waals surface area contributed by atoms with Gasteiger partial charge in [-0.2, -0.15) is 8.42 Å². The summed E-state index contributed by atoms with van der Waals surface area (Å²) in [7, 11) is -4.16. The Hall–Kier alpha value is 0.280. The monoisotopic (exact) mass is 228 g/mol. The van der Waals surface area contributed by atoms with Gasteiger partial charge < -0.3 is 5.73 Å². The molecule has 0 aliphatic rings. The summed E-state index contributed by atoms with van der Waals surface area (Å²) in [6.07, 6.45) is 0. The molecular weight excluding hydrogens is 221 g/mol. The standard InChI is InChI=1S/C6H7NO3S2.Na/c7-5-3-4(12(8,9)10)1-2-6(5)11;/h1-3,11H,7H2,(H,8,9,10);/q;+1. The number of nitrogens with two attached hydrogens (primary N) is 1. The van der Waals surface area contributed by atoms with Crippen molar-refractivity contribution >= 4 is 28.4 Å². The molecule has 0 aliphatic heterocycles. The second-order valence-corrected chi connectivity index (χ2v) is 4.10. The quantitative estimate of drug-likeness (QED) is 0.221. The molecule has 0 aliphatic carbocycles. The van der Waals surface area contributed by atoms with Crippen LogP contribution >= 0.6 is 12.6 Å². The minimum absolute atomic E-state index is 0. The van der Waals surface area contributed by atoms with Crippen LogP contribution in [-0.2, 0) is 10.1 Å². The predicted molar refractivity (Wildman–Crippen MR) is 47.9 cm³/mol. The summed E-state index contributed by atoms with van der Waals surface area (Å²) < 4.78 is 29.7. The van der Waals surface area contributed by atoms with E-state index in [1.54, 1.807) is 0 Å². The van der Waals surface area contributed by atoms with Crippen LogP contribution in [0.15, 0.2) is 28.0 Å². The van der Waals surface area contributed by atoms with Crippen molar-refractivity contribution in [3.05, 3.63) is 18.2 Å². The summed E-state index contributed by atoms with van der Waals surface area (Å²) in [4.78, 5) is 0.250. The molecule has 0 atom stereocenters. The molecule has 3 N–H and O–H groups in total. The summed E-state index contributed by atoms with van der Waals surface area (Å²) in [5.41, 5.74) is 5.58. The molecule has 7 heteroatoms. The maximum absolute atomic E-state index is 10.6. The first-order valence-electron chi connectivity index (χ1n) is 2.97. The van der Waals surface area contributed by atoms with E-state index in [9.17, 15) is 8.42 Å². The molecule has 0 saturated carbocycles. The number of rotatable bonds is 1. The molecule has 0 saturated heterocycles. The van der Waals surface area contributed by atoms with Gasteiger partial charge in [0, 0.05) is 10.6 Å². The number of hydrogen-bond acceptors (Lipinski definition) is 4. The van der Waals surface area contributed by atoms with E-state index in [4.69, 9.17) is 10.3 Å². The van der Waals surface area contributed by atoms with Crippen molar-refractivity contribution in [3.63, 3.8) is 0 Å². The van der Waals surface area contributed by atoms with Gasteiger partial charge in [-0.1, -0.05) is 0 Å². The van der Waals surface area contributed by atoms with Crippen LogP contribution in [0.2, 0.25) is 0 Å². The third-order valence-electron chi connectivity index (χ3n) is 1.30. The molecule has 0 fully saturated rings. The number of hydrogen-bond donors (Lipinski definition) is 3. The Bertz CT molecular complexity index is 404. The minimum Gasteiger partial charge on any atom is -0.398 e. The summed E-state index contributed by atoms with van der Waals surface area (Å²) in [5.74, 6) is 0. The van der Waals surface area contributed by atoms with Gasteiger partial charge in [-0.3, -0.25) is 4.55 Å². The van der Waals surface area contributed by atoms with E-state index in [0.717, 1.165) is 6.07 Å². The van der Waals surface area contributed by atoms with Gasteiger partial charge in [-0.25, -0.2) is 0 Å². The van der Waals surface area contributed by atoms with Crippen LogP contribution in [0.1, 0.15) is 0 Å². The zero-order valence-electron chi connectivity index (χ0n) is 6.93. The van der Waals surface area contributed by atoms with Gasteiger partial charge in [0.05, 0.1) is 4.90 Å². The van der Waals surface area contributed by atoms with Crippen molar-refractivity contribution in [2.45, 2.75) is 9.79 Å². The zero-order chi connectivity index (χ0) is 9.35. The second kappa shape index (κ2) is 4.68. The van der Waals surface area contributed by atoms with Crippen LogP contribution in [0.25, 0.3) is 0 Å². The Morgan fingerprint density at radius 3 is 2.31 bits per heavy atom. The van der Waals surface area contributed by atoms with Crippen molar-refractivity contribution in [3.8, 4) is 0 Å². The molecule has 66 valence electrons. The van der Waals surface area contributed by atoms with E-state index < -0.39 is 10.1 Å². The second-order valence-electron chi connectivity index (χ2n) is 2.20. The summed E-state index contributed by atoms with van der Waals surface area (Å²) >= 11 is 3.94. The van der Waals surface area contributed by atoms with Crippen LogP contribution in [0, 0.1) is 0 Å². The third kappa shape index (κ3) is 3.49. The van der Waals surface area contributed by atoms with E-state index in [2.05, 4.69) is 12.6 Å². The molecule has 1 rings (SSSR count). The molecule has 0 spiro atoms. The Labute approximate surface area is 104 Å². The molecule has 0 unspecified atom stereocenters. The minimum atomic E-state index is -4.16. The summed E-state index contributed by atoms with van der Waals surface area (Å²) in [5, 5.41) is 0. The first-order chi connectivity index (χ1) is 5.41.